The molecule has 0 saturated carbocycles. The predicted molar refractivity (Wildman–Crippen MR) is 308 cm³/mol. The predicted octanol–water partition coefficient (Wildman–Crippen LogP) is 7.14. The van der Waals surface area contributed by atoms with E-state index in [2.05, 4.69) is 101 Å². The first-order valence-corrected chi connectivity index (χ1v) is 29.0. The van der Waals surface area contributed by atoms with E-state index in [-0.39, 0.29) is 36.3 Å². The number of nitrogens with one attached hydrogen (secondary N) is 8. The maximum absolute atomic E-state index is 12.5. The van der Waals surface area contributed by atoms with Gasteiger partial charge in [-0.3, -0.25) is 9.80 Å². The molecule has 0 bridgehead atoms. The van der Waals surface area contributed by atoms with Gasteiger partial charge in [-0.1, -0.05) is 61.4 Å². The molecule has 0 aromatic heterocycles. The van der Waals surface area contributed by atoms with Gasteiger partial charge in [-0.25, -0.2) is 19.2 Å². The molecule has 80 heavy (non-hydrogen) atoms. The number of hydrogen-bond donors (Lipinski definition) is 8. The smallest absolute Gasteiger partial charge is 0.319 e. The molecular weight excluding hydrogens is 1020 g/mol. The second-order valence-corrected chi connectivity index (χ2v) is 20.5. The van der Waals surface area contributed by atoms with Crippen LogP contribution in [-0.2, 0) is 31.8 Å². The zero-order valence-corrected chi connectivity index (χ0v) is 46.3. The van der Waals surface area contributed by atoms with Crippen molar-refractivity contribution < 1.29 is 47.6 Å². The fourth-order valence-electron chi connectivity index (χ4n) is 10.7. The maximum Gasteiger partial charge on any atom is 0.319 e. The topological polar surface area (TPSA) is 226 Å². The third kappa shape index (κ3) is 19.5. The number of hydrogen-bond acceptors (Lipinski definition) is 12. The van der Waals surface area contributed by atoms with E-state index in [0.29, 0.717) is 128 Å². The highest BCUT2D eigenvalue weighted by Gasteiger charge is 2.39. The summed E-state index contributed by atoms with van der Waals surface area (Å²) in [6, 6.07) is 31.6. The number of fused-ring (bicyclic) bond motifs is 2. The van der Waals surface area contributed by atoms with Gasteiger partial charge in [0.2, 0.25) is 0 Å². The van der Waals surface area contributed by atoms with Gasteiger partial charge >= 0.3 is 24.1 Å². The fourth-order valence-corrected chi connectivity index (χ4v) is 10.7. The summed E-state index contributed by atoms with van der Waals surface area (Å²) >= 11 is 0. The van der Waals surface area contributed by atoms with Crippen LogP contribution in [0.1, 0.15) is 85.8 Å². The van der Waals surface area contributed by atoms with Gasteiger partial charge in [0, 0.05) is 50.6 Å². The van der Waals surface area contributed by atoms with Crippen LogP contribution in [0.5, 0.6) is 11.5 Å². The SMILES string of the molecule is O=C(NCCCCNC(=O)NCCOCCOCCNC(=O)Nc1ccc(OC2c3ccccc3CC2N2CCCCC2)cc1)NCCOCCOCCNC(=O)Nc1ccc(OC2c3ccccc3CC2N2CCCCC2)cc1. The highest BCUT2D eigenvalue weighted by atomic mass is 16.5. The Hall–Kier alpha value is -6.68. The molecule has 4 aliphatic rings. The second-order valence-electron chi connectivity index (χ2n) is 20.5. The molecule has 2 heterocycles. The molecule has 8 N–H and O–H groups in total. The summed E-state index contributed by atoms with van der Waals surface area (Å²) in [5.74, 6) is 1.55. The number of urea groups is 4. The molecule has 20 heteroatoms. The number of ether oxygens (including phenoxy) is 6. The van der Waals surface area contributed by atoms with Crippen LogP contribution in [0.25, 0.3) is 0 Å². The molecule has 0 spiro atoms. The van der Waals surface area contributed by atoms with E-state index in [0.717, 1.165) is 50.5 Å². The average Bonchev–Trinajstić information content (AvgIpc) is 4.13. The number of likely N-dealkylation sites (tertiary alicyclic amines) is 2. The van der Waals surface area contributed by atoms with Crippen molar-refractivity contribution in [3.63, 3.8) is 0 Å². The number of unbranched alkanes of at least 4 members (excludes halogenated alkanes) is 1. The van der Waals surface area contributed by atoms with E-state index < -0.39 is 0 Å². The number of nitrogens with zero attached hydrogens (tertiary/aromatic N) is 2. The number of piperidine rings is 2. The number of anilines is 2. The minimum atomic E-state index is -0.321. The molecule has 2 saturated heterocycles. The van der Waals surface area contributed by atoms with Gasteiger partial charge in [-0.2, -0.15) is 0 Å². The summed E-state index contributed by atoms with van der Waals surface area (Å²) < 4.78 is 35.4. The lowest BCUT2D eigenvalue weighted by Crippen LogP contribution is -2.43. The van der Waals surface area contributed by atoms with E-state index in [1.54, 1.807) is 0 Å². The monoisotopic (exact) mass is 1100 g/mol. The standard InChI is InChI=1S/C60H84N10O10/c71-57(63-27-35-75-39-41-77-37-29-65-59(73)67-47-17-21-49(22-18-47)79-55-51-15-5-3-13-45(51)43-53(55)69-31-9-1-10-32-69)61-25-7-8-26-62-58(72)64-28-36-76-40-42-78-38-30-66-60(74)68-48-19-23-50(24-20-48)80-56-52-16-6-4-14-46(52)44-54(56)70-33-11-2-12-34-70/h3-6,13-24,53-56H,1-2,7-12,25-44H2,(H2,61,63,71)(H2,62,64,72)(H2,65,67,73)(H2,66,68,74). The summed E-state index contributed by atoms with van der Waals surface area (Å²) in [7, 11) is 0. The Labute approximate surface area is 471 Å². The lowest BCUT2D eigenvalue weighted by Gasteiger charge is -2.35. The number of carbonyl (C=O) groups excluding carboxylic acids is 4. The van der Waals surface area contributed by atoms with Crippen molar-refractivity contribution in [3.8, 4) is 11.5 Å². The largest absolute Gasteiger partial charge is 0.484 e. The van der Waals surface area contributed by atoms with Gasteiger partial charge < -0.3 is 71.0 Å². The summed E-state index contributed by atoms with van der Waals surface area (Å²) in [5.41, 5.74) is 6.58. The third-order valence-corrected chi connectivity index (χ3v) is 14.8. The van der Waals surface area contributed by atoms with Crippen LogP contribution in [-0.4, -0.2) is 164 Å². The molecular formula is C60H84N10O10. The summed E-state index contributed by atoms with van der Waals surface area (Å²) in [6.07, 6.45) is 10.9. The van der Waals surface area contributed by atoms with Gasteiger partial charge in [0.1, 0.15) is 23.7 Å². The van der Waals surface area contributed by atoms with Gasteiger partial charge in [0.05, 0.1) is 64.9 Å². The molecule has 8 amide bonds. The first-order valence-electron chi connectivity index (χ1n) is 29.0. The van der Waals surface area contributed by atoms with Crippen LogP contribution >= 0.6 is 0 Å². The van der Waals surface area contributed by atoms with E-state index in [4.69, 9.17) is 28.4 Å². The Morgan fingerprint density at radius 1 is 0.388 bits per heavy atom. The van der Waals surface area contributed by atoms with E-state index in [1.807, 2.05) is 48.5 Å². The van der Waals surface area contributed by atoms with Crippen molar-refractivity contribution in [1.82, 2.24) is 41.7 Å². The molecule has 0 radical (unpaired) electrons. The molecule has 434 valence electrons. The van der Waals surface area contributed by atoms with Crippen molar-refractivity contribution in [3.05, 3.63) is 119 Å². The number of amides is 8. The Kier molecular flexibility index (Phi) is 24.6. The maximum atomic E-state index is 12.5. The first-order chi connectivity index (χ1) is 39.4. The van der Waals surface area contributed by atoms with E-state index >= 15 is 0 Å². The van der Waals surface area contributed by atoms with Crippen molar-refractivity contribution in [2.75, 3.05) is 129 Å². The average molecular weight is 1110 g/mol. The second kappa shape index (κ2) is 33.2. The van der Waals surface area contributed by atoms with Gasteiger partial charge in [0.25, 0.3) is 0 Å². The molecule has 4 aromatic carbocycles. The Balaban J connectivity index is 0.542. The molecule has 8 rings (SSSR count). The van der Waals surface area contributed by atoms with Gasteiger partial charge in [-0.15, -0.1) is 0 Å². The summed E-state index contributed by atoms with van der Waals surface area (Å²) in [4.78, 5) is 54.4. The normalized spacial score (nSPS) is 18.8. The summed E-state index contributed by atoms with van der Waals surface area (Å²) in [6.45, 7) is 9.46. The fraction of sp³-hybridized carbons (Fsp3) is 0.533. The van der Waals surface area contributed by atoms with Crippen LogP contribution < -0.4 is 52.0 Å². The minimum Gasteiger partial charge on any atom is -0.484 e. The highest BCUT2D eigenvalue weighted by Crippen LogP contribution is 2.40. The molecule has 4 aromatic rings. The zero-order valence-electron chi connectivity index (χ0n) is 46.3. The van der Waals surface area contributed by atoms with E-state index in [9.17, 15) is 19.2 Å². The van der Waals surface area contributed by atoms with Crippen LogP contribution in [0.2, 0.25) is 0 Å². The number of rotatable bonds is 31. The highest BCUT2D eigenvalue weighted by molar-refractivity contribution is 5.89. The Morgan fingerprint density at radius 3 is 1.10 bits per heavy atom. The molecule has 20 nitrogen and oxygen atoms in total. The minimum absolute atomic E-state index is 0.0228. The van der Waals surface area contributed by atoms with Crippen LogP contribution in [0, 0.1) is 0 Å². The van der Waals surface area contributed by atoms with E-state index in [1.165, 1.54) is 60.8 Å². The lowest BCUT2D eigenvalue weighted by atomic mass is 10.0. The third-order valence-electron chi connectivity index (χ3n) is 14.8. The van der Waals surface area contributed by atoms with Crippen molar-refractivity contribution in [2.45, 2.75) is 88.5 Å². The van der Waals surface area contributed by atoms with Gasteiger partial charge in [0.15, 0.2) is 0 Å². The summed E-state index contributed by atoms with van der Waals surface area (Å²) in [5, 5.41) is 22.4. The Morgan fingerprint density at radius 2 is 0.725 bits per heavy atom. The first kappa shape index (κ1) is 59.4. The number of benzene rings is 4. The lowest BCUT2D eigenvalue weighted by molar-refractivity contribution is 0.0511. The molecule has 4 atom stereocenters. The molecule has 4 unspecified atom stereocenters. The van der Waals surface area contributed by atoms with Crippen LogP contribution in [0.4, 0.5) is 30.6 Å². The molecule has 2 aliphatic carbocycles. The van der Waals surface area contributed by atoms with Gasteiger partial charge in [-0.05, 0) is 148 Å². The van der Waals surface area contributed by atoms with Crippen molar-refractivity contribution >= 4 is 35.5 Å². The zero-order chi connectivity index (χ0) is 55.4. The quantitative estimate of drug-likeness (QED) is 0.0236. The molecule has 2 aliphatic heterocycles. The Bertz CT molecular complexity index is 2320. The van der Waals surface area contributed by atoms with Crippen molar-refractivity contribution in [1.29, 1.82) is 0 Å². The van der Waals surface area contributed by atoms with Crippen LogP contribution in [0.15, 0.2) is 97.1 Å². The molecule has 2 fully saturated rings. The van der Waals surface area contributed by atoms with Crippen LogP contribution in [0.3, 0.4) is 0 Å². The van der Waals surface area contributed by atoms with Crippen molar-refractivity contribution in [2.24, 2.45) is 0 Å². The number of carbonyl (C=O) groups is 4.